The van der Waals surface area contributed by atoms with Crippen LogP contribution in [0.25, 0.3) is 101 Å². The predicted octanol–water partition coefficient (Wildman–Crippen LogP) is 19.8. The van der Waals surface area contributed by atoms with E-state index in [-0.39, 0.29) is 22.1 Å². The van der Waals surface area contributed by atoms with Crippen molar-refractivity contribution in [2.45, 2.75) is 125 Å². The normalized spacial score (nSPS) is 14.4. The Morgan fingerprint density at radius 1 is 0.326 bits per heavy atom. The van der Waals surface area contributed by atoms with E-state index in [0.29, 0.717) is 0 Å². The van der Waals surface area contributed by atoms with E-state index >= 15 is 0 Å². The summed E-state index contributed by atoms with van der Waals surface area (Å²) in [5, 5.41) is 0. The molecule has 6 aromatic heterocycles. The molecule has 0 radical (unpaired) electrons. The third kappa shape index (κ3) is 10.8. The van der Waals surface area contributed by atoms with E-state index in [9.17, 15) is 4.39 Å². The second-order valence-corrected chi connectivity index (χ2v) is 28.6. The lowest BCUT2D eigenvalue weighted by Gasteiger charge is -2.26. The SMILES string of the molecule is Cc1ccc2c(n1)C(C)(C)c1cc(C)c(-c3cc(C)c(-c4ccc(F)cc4)c[n+]3C)cc1-2.Cc1ccc2c(n1)C(C)(C)c1cc(C)c(-c3cc(C)c(-c4ccccc4)c[n+]3C)cc1-2.Cc1ccc2c(n1)C1(CCCC1)c1cc(C)c(-c3cc(-c4ccccc4)cc[n+]3C)cc1-2. The van der Waals surface area contributed by atoms with Crippen LogP contribution in [0.15, 0.2) is 201 Å². The van der Waals surface area contributed by atoms with Gasteiger partial charge in [0, 0.05) is 102 Å². The number of benzene rings is 6. The number of hydrogen-bond acceptors (Lipinski definition) is 3. The number of aromatic nitrogens is 6. The van der Waals surface area contributed by atoms with Gasteiger partial charge in [-0.15, -0.1) is 0 Å². The molecule has 4 aliphatic rings. The average molecular weight is 1250 g/mol. The van der Waals surface area contributed by atoms with Gasteiger partial charge in [-0.25, -0.2) is 18.1 Å². The maximum atomic E-state index is 13.4. The van der Waals surface area contributed by atoms with Crippen molar-refractivity contribution in [1.29, 1.82) is 0 Å². The Labute approximate surface area is 561 Å². The number of nitrogens with zero attached hydrogens (tertiary/aromatic N) is 6. The molecule has 6 aromatic carbocycles. The highest BCUT2D eigenvalue weighted by Gasteiger charge is 2.47. The Hall–Kier alpha value is -9.85. The number of pyridine rings is 6. The second-order valence-electron chi connectivity index (χ2n) is 28.6. The quantitative estimate of drug-likeness (QED) is 0.156. The first-order chi connectivity index (χ1) is 45.5. The summed E-state index contributed by atoms with van der Waals surface area (Å²) in [6, 6.07) is 64.6. The van der Waals surface area contributed by atoms with E-state index in [1.54, 1.807) is 0 Å². The topological polar surface area (TPSA) is 50.3 Å². The van der Waals surface area contributed by atoms with Gasteiger partial charge < -0.3 is 0 Å². The molecule has 4 aliphatic carbocycles. The smallest absolute Gasteiger partial charge is 0.213 e. The van der Waals surface area contributed by atoms with Gasteiger partial charge in [0.25, 0.3) is 0 Å². The maximum absolute atomic E-state index is 13.4. The summed E-state index contributed by atoms with van der Waals surface area (Å²) in [4.78, 5) is 14.9. The van der Waals surface area contributed by atoms with E-state index < -0.39 is 0 Å². The summed E-state index contributed by atoms with van der Waals surface area (Å²) in [7, 11) is 6.38. The number of rotatable bonds is 6. The lowest BCUT2D eigenvalue weighted by atomic mass is 9.78. The summed E-state index contributed by atoms with van der Waals surface area (Å²) in [5.41, 5.74) is 40.0. The highest BCUT2D eigenvalue weighted by Crippen LogP contribution is 2.58. The Balaban J connectivity index is 0.000000123. The monoisotopic (exact) mass is 1250 g/mol. The van der Waals surface area contributed by atoms with E-state index in [1.165, 1.54) is 183 Å². The standard InChI is InChI=1S/C30H29N2.C29H28FN2.C29H29N2/c1-20-17-27-26(24-12-11-21(2)31-29(24)30(27)14-7-8-15-30)19-25(20)28-18-23(13-16-32(28)3)22-9-5-4-6-10-22;1-17-13-26-24(22-12-7-19(3)31-28(22)29(26,4)5)15-23(17)27-14-18(2)25(16-32(27)6)20-8-10-21(30)11-9-20;1-18-14-26-24(22-13-12-20(3)30-28(22)29(26,4)5)16-23(18)27-15-19(2)25(17-31(27)6)21-10-8-7-9-11-21/h4-6,9-13,16-19H,7-8,14-15H2,1-3H3;7-16H,1-6H3;7-17H,1-6H3/q3*+1. The molecule has 6 nitrogen and oxygen atoms in total. The van der Waals surface area contributed by atoms with Gasteiger partial charge in [0.2, 0.25) is 17.1 Å². The van der Waals surface area contributed by atoms with E-state index in [4.69, 9.17) is 15.0 Å². The van der Waals surface area contributed by atoms with Crippen molar-refractivity contribution in [2.24, 2.45) is 21.1 Å². The van der Waals surface area contributed by atoms with Crippen molar-refractivity contribution < 1.29 is 18.1 Å². The Morgan fingerprint density at radius 2 is 0.705 bits per heavy atom. The molecule has 95 heavy (non-hydrogen) atoms. The number of hydrogen-bond donors (Lipinski definition) is 0. The molecule has 0 aliphatic heterocycles. The predicted molar refractivity (Wildman–Crippen MR) is 387 cm³/mol. The molecule has 472 valence electrons. The summed E-state index contributed by atoms with van der Waals surface area (Å²) in [6.45, 7) is 26.4. The molecule has 0 N–H and O–H groups in total. The molecular weight excluding hydrogens is 1160 g/mol. The summed E-state index contributed by atoms with van der Waals surface area (Å²) in [5.74, 6) is -0.214. The maximum Gasteiger partial charge on any atom is 0.213 e. The molecule has 1 spiro atoms. The molecule has 0 atom stereocenters. The molecule has 0 amide bonds. The van der Waals surface area contributed by atoms with Crippen molar-refractivity contribution >= 4 is 0 Å². The van der Waals surface area contributed by atoms with E-state index in [1.807, 2.05) is 12.1 Å². The van der Waals surface area contributed by atoms with Crippen molar-refractivity contribution in [3.05, 3.63) is 285 Å². The molecule has 0 unspecified atom stereocenters. The van der Waals surface area contributed by atoms with Crippen LogP contribution in [0.1, 0.15) is 132 Å². The molecule has 7 heteroatoms. The Kier molecular flexibility index (Phi) is 15.7. The van der Waals surface area contributed by atoms with Gasteiger partial charge in [-0.3, -0.25) is 15.0 Å². The zero-order valence-electron chi connectivity index (χ0n) is 57.9. The van der Waals surface area contributed by atoms with Crippen LogP contribution < -0.4 is 13.7 Å². The van der Waals surface area contributed by atoms with Crippen molar-refractivity contribution in [2.75, 3.05) is 0 Å². The fraction of sp³-hybridized carbons (Fsp3) is 0.250. The van der Waals surface area contributed by atoms with Gasteiger partial charge >= 0.3 is 0 Å². The minimum Gasteiger partial charge on any atom is -0.257 e. The average Bonchev–Trinajstić information content (AvgIpc) is 1.57. The van der Waals surface area contributed by atoms with Gasteiger partial charge in [0.1, 0.15) is 27.0 Å². The molecule has 1 saturated carbocycles. The molecule has 0 saturated heterocycles. The molecular formula is C88H86FN6+3. The lowest BCUT2D eigenvalue weighted by Crippen LogP contribution is -2.31. The van der Waals surface area contributed by atoms with E-state index in [2.05, 4.69) is 294 Å². The molecule has 6 heterocycles. The number of aryl methyl sites for hydroxylation is 11. The van der Waals surface area contributed by atoms with Crippen LogP contribution in [0.5, 0.6) is 0 Å². The molecule has 16 rings (SSSR count). The Morgan fingerprint density at radius 3 is 1.17 bits per heavy atom. The van der Waals surface area contributed by atoms with Gasteiger partial charge in [-0.2, -0.15) is 0 Å². The number of fused-ring (bicyclic) bond motifs is 11. The first-order valence-electron chi connectivity index (χ1n) is 33.8. The minimum atomic E-state index is -0.214. The molecule has 1 fully saturated rings. The van der Waals surface area contributed by atoms with Crippen LogP contribution in [0, 0.1) is 61.2 Å². The van der Waals surface area contributed by atoms with Crippen LogP contribution in [0.3, 0.4) is 0 Å². The van der Waals surface area contributed by atoms with Crippen LogP contribution >= 0.6 is 0 Å². The van der Waals surface area contributed by atoms with Crippen molar-refractivity contribution in [3.8, 4) is 101 Å². The lowest BCUT2D eigenvalue weighted by molar-refractivity contribution is -0.660. The second kappa shape index (κ2) is 23.9. The van der Waals surface area contributed by atoms with Crippen LogP contribution in [0.4, 0.5) is 4.39 Å². The minimum absolute atomic E-state index is 0.0742. The molecule has 0 bridgehead atoms. The van der Waals surface area contributed by atoms with Crippen LogP contribution in [-0.4, -0.2) is 15.0 Å². The number of halogens is 1. The largest absolute Gasteiger partial charge is 0.257 e. The third-order valence-corrected chi connectivity index (χ3v) is 21.3. The zero-order chi connectivity index (χ0) is 66.6. The van der Waals surface area contributed by atoms with Crippen molar-refractivity contribution in [3.63, 3.8) is 0 Å². The first-order valence-corrected chi connectivity index (χ1v) is 33.8. The summed E-state index contributed by atoms with van der Waals surface area (Å²) in [6.07, 6.45) is 11.6. The van der Waals surface area contributed by atoms with Crippen molar-refractivity contribution in [1.82, 2.24) is 15.0 Å². The van der Waals surface area contributed by atoms with Gasteiger partial charge in [0.15, 0.2) is 18.6 Å². The van der Waals surface area contributed by atoms with Gasteiger partial charge in [0.05, 0.1) is 17.1 Å². The van der Waals surface area contributed by atoms with Gasteiger partial charge in [-0.05, 0) is 200 Å². The third-order valence-electron chi connectivity index (χ3n) is 21.3. The molecule has 12 aromatic rings. The van der Waals surface area contributed by atoms with E-state index in [0.717, 1.165) is 33.9 Å². The Bertz CT molecular complexity index is 5070. The van der Waals surface area contributed by atoms with Crippen LogP contribution in [0.2, 0.25) is 0 Å². The first kappa shape index (κ1) is 62.6. The highest BCUT2D eigenvalue weighted by atomic mass is 19.1. The fourth-order valence-corrected chi connectivity index (χ4v) is 16.1. The fourth-order valence-electron chi connectivity index (χ4n) is 16.1. The zero-order valence-corrected chi connectivity index (χ0v) is 57.9. The summed E-state index contributed by atoms with van der Waals surface area (Å²) >= 11 is 0. The summed E-state index contributed by atoms with van der Waals surface area (Å²) < 4.78 is 20.1. The highest BCUT2D eigenvalue weighted by molar-refractivity contribution is 5.88. The van der Waals surface area contributed by atoms with Crippen LogP contribution in [-0.2, 0) is 37.4 Å². The van der Waals surface area contributed by atoms with Gasteiger partial charge in [-0.1, -0.05) is 150 Å².